The summed E-state index contributed by atoms with van der Waals surface area (Å²) >= 11 is 0. The lowest BCUT2D eigenvalue weighted by Gasteiger charge is -1.96. The van der Waals surface area contributed by atoms with Crippen LogP contribution in [0.2, 0.25) is 0 Å². The number of carbonyl (C=O) groups is 1. The van der Waals surface area contributed by atoms with Gasteiger partial charge in [-0.15, -0.1) is 0 Å². The van der Waals surface area contributed by atoms with Gasteiger partial charge in [-0.1, -0.05) is 21.6 Å². The van der Waals surface area contributed by atoms with Gasteiger partial charge in [0.2, 0.25) is 5.91 Å². The summed E-state index contributed by atoms with van der Waals surface area (Å²) in [4.78, 5) is 10.8. The average Bonchev–Trinajstić information content (AvgIpc) is 2.01. The van der Waals surface area contributed by atoms with Gasteiger partial charge in [0.1, 0.15) is 0 Å². The van der Waals surface area contributed by atoms with Crippen LogP contribution in [0.1, 0.15) is 13.3 Å². The molecule has 0 aromatic rings. The first kappa shape index (κ1) is 10.8. The second kappa shape index (κ2) is 7.94. The molecule has 0 aliphatic heterocycles. The molecule has 1 amide bonds. The SMILES string of the molecule is C/C=N/NC(=O)CCSSC. The molecule has 64 valence electrons. The zero-order valence-corrected chi connectivity index (χ0v) is 8.30. The standard InChI is InChI=1S/C6H12N2OS2/c1-3-7-8-6(9)4-5-11-10-2/h3H,4-5H2,1-2H3,(H,8,9)/b7-3+. The summed E-state index contributed by atoms with van der Waals surface area (Å²) in [5.74, 6) is 0.816. The zero-order valence-electron chi connectivity index (χ0n) is 6.66. The summed E-state index contributed by atoms with van der Waals surface area (Å²) < 4.78 is 0. The molecule has 0 spiro atoms. The number of amides is 1. The first-order chi connectivity index (χ1) is 5.31. The predicted octanol–water partition coefficient (Wildman–Crippen LogP) is 1.51. The first-order valence-corrected chi connectivity index (χ1v) is 5.96. The van der Waals surface area contributed by atoms with Gasteiger partial charge in [0.15, 0.2) is 0 Å². The molecule has 0 aromatic heterocycles. The molecule has 1 N–H and O–H groups in total. The van der Waals surface area contributed by atoms with Crippen LogP contribution < -0.4 is 5.43 Å². The highest BCUT2D eigenvalue weighted by Crippen LogP contribution is 2.16. The highest BCUT2D eigenvalue weighted by molar-refractivity contribution is 8.76. The topological polar surface area (TPSA) is 41.5 Å². The molecule has 0 atom stereocenters. The minimum atomic E-state index is -0.0235. The fraction of sp³-hybridized carbons (Fsp3) is 0.667. The van der Waals surface area contributed by atoms with Crippen molar-refractivity contribution in [2.24, 2.45) is 5.10 Å². The second-order valence-corrected chi connectivity index (χ2v) is 4.35. The Morgan fingerprint density at radius 2 is 2.45 bits per heavy atom. The molecule has 0 rings (SSSR count). The van der Waals surface area contributed by atoms with E-state index in [0.29, 0.717) is 6.42 Å². The third kappa shape index (κ3) is 7.74. The lowest BCUT2D eigenvalue weighted by molar-refractivity contribution is -0.120. The molecule has 0 fully saturated rings. The molecule has 0 bridgehead atoms. The predicted molar refractivity (Wildman–Crippen MR) is 52.9 cm³/mol. The largest absolute Gasteiger partial charge is 0.273 e. The van der Waals surface area contributed by atoms with E-state index in [0.717, 1.165) is 5.75 Å². The van der Waals surface area contributed by atoms with E-state index in [1.165, 1.54) is 0 Å². The van der Waals surface area contributed by atoms with E-state index in [-0.39, 0.29) is 5.91 Å². The monoisotopic (exact) mass is 192 g/mol. The first-order valence-electron chi connectivity index (χ1n) is 3.23. The molecule has 5 heteroatoms. The van der Waals surface area contributed by atoms with E-state index < -0.39 is 0 Å². The Labute approximate surface area is 74.8 Å². The van der Waals surface area contributed by atoms with Crippen molar-refractivity contribution in [1.82, 2.24) is 5.43 Å². The van der Waals surface area contributed by atoms with Crippen molar-refractivity contribution in [3.63, 3.8) is 0 Å². The maximum atomic E-state index is 10.8. The van der Waals surface area contributed by atoms with Crippen LogP contribution >= 0.6 is 21.6 Å². The molecule has 0 aromatic carbocycles. The van der Waals surface area contributed by atoms with Crippen molar-refractivity contribution >= 4 is 33.7 Å². The third-order valence-electron chi connectivity index (χ3n) is 0.849. The summed E-state index contributed by atoms with van der Waals surface area (Å²) in [5.41, 5.74) is 2.40. The number of nitrogens with one attached hydrogen (secondary N) is 1. The Balaban J connectivity index is 3.23. The Morgan fingerprint density at radius 3 is 3.00 bits per heavy atom. The van der Waals surface area contributed by atoms with Crippen LogP contribution in [0.4, 0.5) is 0 Å². The van der Waals surface area contributed by atoms with Crippen LogP contribution in [0.15, 0.2) is 5.10 Å². The van der Waals surface area contributed by atoms with Gasteiger partial charge in [-0.2, -0.15) is 5.10 Å². The minimum absolute atomic E-state index is 0.0235. The summed E-state index contributed by atoms with van der Waals surface area (Å²) in [6, 6.07) is 0. The molecule has 0 saturated heterocycles. The Morgan fingerprint density at radius 1 is 1.73 bits per heavy atom. The Hall–Kier alpha value is -0.160. The van der Waals surface area contributed by atoms with Gasteiger partial charge in [0.25, 0.3) is 0 Å². The summed E-state index contributed by atoms with van der Waals surface area (Å²) in [6.07, 6.45) is 4.08. The van der Waals surface area contributed by atoms with Gasteiger partial charge in [-0.3, -0.25) is 4.79 Å². The van der Waals surface area contributed by atoms with Crippen LogP contribution in [0, 0.1) is 0 Å². The zero-order chi connectivity index (χ0) is 8.53. The summed E-state index contributed by atoms with van der Waals surface area (Å²) in [6.45, 7) is 1.76. The number of rotatable bonds is 5. The Bertz CT molecular complexity index is 139. The van der Waals surface area contributed by atoms with Crippen molar-refractivity contribution in [3.05, 3.63) is 0 Å². The molecular formula is C6H12N2OS2. The highest BCUT2D eigenvalue weighted by atomic mass is 33.1. The van der Waals surface area contributed by atoms with Crippen LogP contribution in [0.25, 0.3) is 0 Å². The fourth-order valence-corrected chi connectivity index (χ4v) is 1.60. The van der Waals surface area contributed by atoms with Crippen molar-refractivity contribution in [3.8, 4) is 0 Å². The van der Waals surface area contributed by atoms with Gasteiger partial charge < -0.3 is 0 Å². The quantitative estimate of drug-likeness (QED) is 0.311. The number of hydrogen-bond donors (Lipinski definition) is 1. The Kier molecular flexibility index (Phi) is 7.83. The van der Waals surface area contributed by atoms with E-state index >= 15 is 0 Å². The highest BCUT2D eigenvalue weighted by Gasteiger charge is 1.97. The van der Waals surface area contributed by atoms with Crippen LogP contribution in [-0.2, 0) is 4.79 Å². The molecule has 0 unspecified atom stereocenters. The maximum Gasteiger partial charge on any atom is 0.240 e. The third-order valence-corrected chi connectivity index (χ3v) is 2.66. The molecule has 0 saturated carbocycles. The van der Waals surface area contributed by atoms with Gasteiger partial charge in [-0.25, -0.2) is 5.43 Å². The molecule has 0 aliphatic carbocycles. The van der Waals surface area contributed by atoms with Gasteiger partial charge in [0, 0.05) is 18.4 Å². The van der Waals surface area contributed by atoms with Gasteiger partial charge >= 0.3 is 0 Å². The normalized spacial score (nSPS) is 10.4. The van der Waals surface area contributed by atoms with E-state index in [1.807, 2.05) is 6.26 Å². The second-order valence-electron chi connectivity index (χ2n) is 1.66. The van der Waals surface area contributed by atoms with E-state index in [9.17, 15) is 4.79 Å². The van der Waals surface area contributed by atoms with Crippen molar-refractivity contribution in [2.75, 3.05) is 12.0 Å². The lowest BCUT2D eigenvalue weighted by Crippen LogP contribution is -2.17. The van der Waals surface area contributed by atoms with Crippen molar-refractivity contribution in [2.45, 2.75) is 13.3 Å². The molecule has 3 nitrogen and oxygen atoms in total. The molecule has 0 heterocycles. The molecule has 0 aliphatic rings. The maximum absolute atomic E-state index is 10.8. The summed E-state index contributed by atoms with van der Waals surface area (Å²) in [5, 5.41) is 3.61. The average molecular weight is 192 g/mol. The van der Waals surface area contributed by atoms with Crippen LogP contribution in [-0.4, -0.2) is 24.1 Å². The molecule has 0 radical (unpaired) electrons. The van der Waals surface area contributed by atoms with E-state index in [4.69, 9.17) is 0 Å². The van der Waals surface area contributed by atoms with E-state index in [2.05, 4.69) is 10.5 Å². The van der Waals surface area contributed by atoms with Crippen LogP contribution in [0.5, 0.6) is 0 Å². The number of nitrogens with zero attached hydrogens (tertiary/aromatic N) is 1. The summed E-state index contributed by atoms with van der Waals surface area (Å²) in [7, 11) is 3.34. The molecule has 11 heavy (non-hydrogen) atoms. The number of hydrazone groups is 1. The number of carbonyl (C=O) groups excluding carboxylic acids is 1. The van der Waals surface area contributed by atoms with Crippen LogP contribution in [0.3, 0.4) is 0 Å². The number of hydrogen-bond acceptors (Lipinski definition) is 4. The fourth-order valence-electron chi connectivity index (χ4n) is 0.410. The minimum Gasteiger partial charge on any atom is -0.273 e. The lowest BCUT2D eigenvalue weighted by atomic mass is 10.5. The van der Waals surface area contributed by atoms with Crippen molar-refractivity contribution in [1.29, 1.82) is 0 Å². The van der Waals surface area contributed by atoms with Gasteiger partial charge in [-0.05, 0) is 13.2 Å². The van der Waals surface area contributed by atoms with E-state index in [1.54, 1.807) is 34.7 Å². The van der Waals surface area contributed by atoms with Crippen molar-refractivity contribution < 1.29 is 4.79 Å². The van der Waals surface area contributed by atoms with Gasteiger partial charge in [0.05, 0.1) is 0 Å². The molecular weight excluding hydrogens is 180 g/mol. The smallest absolute Gasteiger partial charge is 0.240 e.